The third-order valence-corrected chi connectivity index (χ3v) is 2.87. The summed E-state index contributed by atoms with van der Waals surface area (Å²) in [4.78, 5) is 21.6. The zero-order valence-corrected chi connectivity index (χ0v) is 12.3. The van der Waals surface area contributed by atoms with Gasteiger partial charge in [-0.05, 0) is 18.4 Å². The molecule has 0 bridgehead atoms. The number of carbonyl (C=O) groups is 1. The van der Waals surface area contributed by atoms with Crippen LogP contribution in [0.1, 0.15) is 27.2 Å². The number of nitrogens with one attached hydrogen (secondary N) is 1. The summed E-state index contributed by atoms with van der Waals surface area (Å²) in [6.45, 7) is 5.82. The molecule has 0 aliphatic rings. The lowest BCUT2D eigenvalue weighted by Gasteiger charge is -2.19. The monoisotopic (exact) mass is 296 g/mol. The molecule has 0 aliphatic heterocycles. The standard InChI is InChI=1S/C14H20N2O5/c1-4-7-21-12-8-10(5-6-11(12)16(19)20)15-13(9(2)3)14(17)18/h5-6,8-9,13,15H,4,7H2,1-3H3,(H,17,18). The van der Waals surface area contributed by atoms with Gasteiger partial charge < -0.3 is 15.2 Å². The van der Waals surface area contributed by atoms with Crippen molar-refractivity contribution in [1.29, 1.82) is 0 Å². The molecule has 0 fully saturated rings. The average molecular weight is 296 g/mol. The summed E-state index contributed by atoms with van der Waals surface area (Å²) in [7, 11) is 0. The van der Waals surface area contributed by atoms with Gasteiger partial charge in [-0.2, -0.15) is 0 Å². The van der Waals surface area contributed by atoms with E-state index >= 15 is 0 Å². The van der Waals surface area contributed by atoms with Gasteiger partial charge in [0.1, 0.15) is 6.04 Å². The zero-order valence-electron chi connectivity index (χ0n) is 12.3. The van der Waals surface area contributed by atoms with Crippen molar-refractivity contribution < 1.29 is 19.6 Å². The van der Waals surface area contributed by atoms with E-state index in [0.717, 1.165) is 6.42 Å². The lowest BCUT2D eigenvalue weighted by molar-refractivity contribution is -0.385. The Labute approximate surface area is 123 Å². The molecule has 1 unspecified atom stereocenters. The van der Waals surface area contributed by atoms with Crippen molar-refractivity contribution in [2.75, 3.05) is 11.9 Å². The highest BCUT2D eigenvalue weighted by atomic mass is 16.6. The molecule has 0 heterocycles. The molecule has 0 radical (unpaired) electrons. The Kier molecular flexibility index (Phi) is 5.95. The van der Waals surface area contributed by atoms with E-state index in [0.29, 0.717) is 12.3 Å². The van der Waals surface area contributed by atoms with E-state index < -0.39 is 16.9 Å². The lowest BCUT2D eigenvalue weighted by atomic mass is 10.0. The molecule has 1 aromatic rings. The summed E-state index contributed by atoms with van der Waals surface area (Å²) in [5.74, 6) is -0.961. The number of anilines is 1. The fraction of sp³-hybridized carbons (Fsp3) is 0.500. The van der Waals surface area contributed by atoms with Gasteiger partial charge in [0.2, 0.25) is 0 Å². The predicted molar refractivity (Wildman–Crippen MR) is 78.8 cm³/mol. The van der Waals surface area contributed by atoms with Gasteiger partial charge in [0.15, 0.2) is 5.75 Å². The van der Waals surface area contributed by atoms with Crippen LogP contribution in [-0.2, 0) is 4.79 Å². The van der Waals surface area contributed by atoms with Crippen molar-refractivity contribution in [3.63, 3.8) is 0 Å². The van der Waals surface area contributed by atoms with Gasteiger partial charge in [-0.25, -0.2) is 4.79 Å². The third kappa shape index (κ3) is 4.62. The van der Waals surface area contributed by atoms with Crippen LogP contribution in [0.25, 0.3) is 0 Å². The molecule has 21 heavy (non-hydrogen) atoms. The van der Waals surface area contributed by atoms with Crippen LogP contribution in [0.2, 0.25) is 0 Å². The first-order chi connectivity index (χ1) is 9.86. The number of carboxylic acid groups (broad SMARTS) is 1. The van der Waals surface area contributed by atoms with Crippen LogP contribution in [0.3, 0.4) is 0 Å². The second kappa shape index (κ2) is 7.47. The predicted octanol–water partition coefficient (Wildman–Crippen LogP) is 2.90. The molecule has 0 aromatic heterocycles. The number of rotatable bonds is 8. The van der Waals surface area contributed by atoms with Gasteiger partial charge in [0.05, 0.1) is 11.5 Å². The number of nitro benzene ring substituents is 1. The number of hydrogen-bond donors (Lipinski definition) is 2. The smallest absolute Gasteiger partial charge is 0.326 e. The fourth-order valence-electron chi connectivity index (χ4n) is 1.78. The van der Waals surface area contributed by atoms with Gasteiger partial charge in [0, 0.05) is 17.8 Å². The van der Waals surface area contributed by atoms with Crippen molar-refractivity contribution in [3.05, 3.63) is 28.3 Å². The number of carboxylic acids is 1. The Morgan fingerprint density at radius 3 is 2.62 bits per heavy atom. The van der Waals surface area contributed by atoms with Crippen LogP contribution in [0.15, 0.2) is 18.2 Å². The molecular weight excluding hydrogens is 276 g/mol. The molecule has 7 nitrogen and oxygen atoms in total. The molecule has 0 saturated heterocycles. The molecular formula is C14H20N2O5. The molecule has 116 valence electrons. The maximum atomic E-state index is 11.2. The van der Waals surface area contributed by atoms with E-state index in [-0.39, 0.29) is 17.4 Å². The van der Waals surface area contributed by atoms with Crippen molar-refractivity contribution in [1.82, 2.24) is 0 Å². The first-order valence-corrected chi connectivity index (χ1v) is 6.77. The van der Waals surface area contributed by atoms with Gasteiger partial charge in [-0.15, -0.1) is 0 Å². The maximum absolute atomic E-state index is 11.2. The summed E-state index contributed by atoms with van der Waals surface area (Å²) < 4.78 is 5.36. The molecule has 1 atom stereocenters. The van der Waals surface area contributed by atoms with Crippen LogP contribution in [0.5, 0.6) is 5.75 Å². The van der Waals surface area contributed by atoms with Gasteiger partial charge in [0.25, 0.3) is 0 Å². The van der Waals surface area contributed by atoms with Crippen LogP contribution < -0.4 is 10.1 Å². The first-order valence-electron chi connectivity index (χ1n) is 6.77. The Morgan fingerprint density at radius 1 is 1.48 bits per heavy atom. The van der Waals surface area contributed by atoms with E-state index in [1.807, 2.05) is 6.92 Å². The summed E-state index contributed by atoms with van der Waals surface area (Å²) >= 11 is 0. The number of nitrogens with zero attached hydrogens (tertiary/aromatic N) is 1. The Bertz CT molecular complexity index is 516. The minimum Gasteiger partial charge on any atom is -0.487 e. The van der Waals surface area contributed by atoms with Gasteiger partial charge >= 0.3 is 11.7 Å². The van der Waals surface area contributed by atoms with E-state index in [1.165, 1.54) is 18.2 Å². The normalized spacial score (nSPS) is 12.0. The maximum Gasteiger partial charge on any atom is 0.326 e. The summed E-state index contributed by atoms with van der Waals surface area (Å²) in [5, 5.41) is 23.0. The first kappa shape index (κ1) is 16.7. The van der Waals surface area contributed by atoms with Crippen molar-refractivity contribution >= 4 is 17.3 Å². The zero-order chi connectivity index (χ0) is 16.0. The van der Waals surface area contributed by atoms with E-state index in [2.05, 4.69) is 5.32 Å². The number of hydrogen-bond acceptors (Lipinski definition) is 5. The minimum atomic E-state index is -0.973. The van der Waals surface area contributed by atoms with Crippen molar-refractivity contribution in [2.45, 2.75) is 33.2 Å². The third-order valence-electron chi connectivity index (χ3n) is 2.87. The molecule has 1 aromatic carbocycles. The highest BCUT2D eigenvalue weighted by Crippen LogP contribution is 2.30. The van der Waals surface area contributed by atoms with Crippen LogP contribution in [-0.4, -0.2) is 28.6 Å². The van der Waals surface area contributed by atoms with Crippen LogP contribution >= 0.6 is 0 Å². The van der Waals surface area contributed by atoms with Gasteiger partial charge in [-0.1, -0.05) is 20.8 Å². The Hall–Kier alpha value is -2.31. The average Bonchev–Trinajstić information content (AvgIpc) is 2.41. The molecule has 0 aliphatic carbocycles. The summed E-state index contributed by atoms with van der Waals surface area (Å²) in [6, 6.07) is 3.49. The Morgan fingerprint density at radius 2 is 2.14 bits per heavy atom. The molecule has 0 spiro atoms. The van der Waals surface area contributed by atoms with Crippen molar-refractivity contribution in [3.8, 4) is 5.75 Å². The number of nitro groups is 1. The summed E-state index contributed by atoms with van der Waals surface area (Å²) in [5.41, 5.74) is 0.346. The van der Waals surface area contributed by atoms with Crippen molar-refractivity contribution in [2.24, 2.45) is 5.92 Å². The molecule has 0 amide bonds. The lowest BCUT2D eigenvalue weighted by Crippen LogP contribution is -2.34. The van der Waals surface area contributed by atoms with E-state index in [1.54, 1.807) is 13.8 Å². The SMILES string of the molecule is CCCOc1cc(NC(C(=O)O)C(C)C)ccc1[N+](=O)[O-]. The Balaban J connectivity index is 3.03. The minimum absolute atomic E-state index is 0.127. The molecule has 7 heteroatoms. The second-order valence-corrected chi connectivity index (χ2v) is 4.99. The molecule has 0 saturated carbocycles. The van der Waals surface area contributed by atoms with Gasteiger partial charge in [-0.3, -0.25) is 10.1 Å². The van der Waals surface area contributed by atoms with E-state index in [9.17, 15) is 14.9 Å². The molecule has 1 rings (SSSR count). The summed E-state index contributed by atoms with van der Waals surface area (Å²) in [6.07, 6.45) is 0.721. The fourth-order valence-corrected chi connectivity index (χ4v) is 1.78. The largest absolute Gasteiger partial charge is 0.487 e. The topological polar surface area (TPSA) is 102 Å². The highest BCUT2D eigenvalue weighted by molar-refractivity contribution is 5.78. The second-order valence-electron chi connectivity index (χ2n) is 4.99. The quantitative estimate of drug-likeness (QED) is 0.565. The number of benzene rings is 1. The highest BCUT2D eigenvalue weighted by Gasteiger charge is 2.22. The van der Waals surface area contributed by atoms with Crippen LogP contribution in [0.4, 0.5) is 11.4 Å². The van der Waals surface area contributed by atoms with E-state index in [4.69, 9.17) is 9.84 Å². The molecule has 2 N–H and O–H groups in total. The van der Waals surface area contributed by atoms with Crippen LogP contribution in [0, 0.1) is 16.0 Å². The number of aliphatic carboxylic acids is 1. The number of ether oxygens (including phenoxy) is 1.